The molecule has 0 radical (unpaired) electrons. The van der Waals surface area contributed by atoms with E-state index in [1.54, 1.807) is 16.4 Å². The molecule has 0 unspecified atom stereocenters. The summed E-state index contributed by atoms with van der Waals surface area (Å²) in [5.74, 6) is 1.25. The van der Waals surface area contributed by atoms with Crippen molar-refractivity contribution in [2.24, 2.45) is 11.8 Å². The van der Waals surface area contributed by atoms with E-state index in [9.17, 15) is 13.2 Å². The Kier molecular flexibility index (Phi) is 6.03. The molecule has 1 aliphatic carbocycles. The van der Waals surface area contributed by atoms with E-state index in [1.807, 2.05) is 17.9 Å². The van der Waals surface area contributed by atoms with Crippen LogP contribution >= 0.6 is 0 Å². The molecule has 0 N–H and O–H groups in total. The van der Waals surface area contributed by atoms with Gasteiger partial charge in [-0.15, -0.1) is 0 Å². The number of rotatable bonds is 3. The lowest BCUT2D eigenvalue weighted by molar-refractivity contribution is 0.0217. The number of nitrogens with zero attached hydrogens (tertiary/aromatic N) is 2. The number of aryl methyl sites for hydroxylation is 1. The minimum absolute atomic E-state index is 0.00361. The third-order valence-electron chi connectivity index (χ3n) is 7.37. The van der Waals surface area contributed by atoms with Crippen LogP contribution in [-0.4, -0.2) is 49.2 Å². The van der Waals surface area contributed by atoms with Gasteiger partial charge >= 0.3 is 0 Å². The third-order valence-corrected chi connectivity index (χ3v) is 9.41. The average Bonchev–Trinajstić information content (AvgIpc) is 2.74. The van der Waals surface area contributed by atoms with Crippen LogP contribution in [-0.2, 0) is 10.0 Å². The minimum atomic E-state index is -3.55. The lowest BCUT2D eigenvalue weighted by atomic mass is 9.72. The Hall–Kier alpha value is -1.40. The van der Waals surface area contributed by atoms with Crippen molar-refractivity contribution in [3.05, 3.63) is 29.3 Å². The topological polar surface area (TPSA) is 57.7 Å². The highest BCUT2D eigenvalue weighted by Gasteiger charge is 2.40. The van der Waals surface area contributed by atoms with Gasteiger partial charge in [-0.25, -0.2) is 8.42 Å². The number of hydrogen-bond acceptors (Lipinski definition) is 3. The van der Waals surface area contributed by atoms with Gasteiger partial charge in [-0.1, -0.05) is 32.3 Å². The van der Waals surface area contributed by atoms with Gasteiger partial charge in [0.1, 0.15) is 0 Å². The average molecular weight is 419 g/mol. The van der Waals surface area contributed by atoms with Crippen molar-refractivity contribution in [2.75, 3.05) is 19.6 Å². The van der Waals surface area contributed by atoms with Gasteiger partial charge in [0.2, 0.25) is 10.0 Å². The van der Waals surface area contributed by atoms with Crippen LogP contribution in [0.1, 0.15) is 74.2 Å². The molecule has 1 saturated carbocycles. The number of hydrogen-bond donors (Lipinski definition) is 0. The number of piperidine rings is 2. The largest absolute Gasteiger partial charge is 0.335 e. The fourth-order valence-electron chi connectivity index (χ4n) is 5.59. The van der Waals surface area contributed by atoms with E-state index in [4.69, 9.17) is 0 Å². The summed E-state index contributed by atoms with van der Waals surface area (Å²) in [5.41, 5.74) is 1.24. The van der Waals surface area contributed by atoms with E-state index in [0.717, 1.165) is 44.2 Å². The molecule has 1 aromatic rings. The monoisotopic (exact) mass is 418 g/mol. The van der Waals surface area contributed by atoms with E-state index in [2.05, 4.69) is 6.92 Å². The number of likely N-dealkylation sites (tertiary alicyclic amines) is 1. The van der Waals surface area contributed by atoms with Crippen molar-refractivity contribution in [1.82, 2.24) is 9.21 Å². The van der Waals surface area contributed by atoms with Crippen molar-refractivity contribution in [1.29, 1.82) is 0 Å². The lowest BCUT2D eigenvalue weighted by Gasteiger charge is -2.47. The molecule has 2 aliphatic heterocycles. The van der Waals surface area contributed by atoms with Gasteiger partial charge < -0.3 is 4.90 Å². The molecule has 3 aliphatic rings. The molecular weight excluding hydrogens is 384 g/mol. The highest BCUT2D eigenvalue weighted by atomic mass is 32.2. The zero-order chi connectivity index (χ0) is 20.6. The molecule has 0 bridgehead atoms. The van der Waals surface area contributed by atoms with Crippen LogP contribution in [0.25, 0.3) is 0 Å². The van der Waals surface area contributed by atoms with Crippen LogP contribution in [0.4, 0.5) is 0 Å². The first-order valence-corrected chi connectivity index (χ1v) is 12.8. The zero-order valence-electron chi connectivity index (χ0n) is 17.8. The predicted octanol–water partition coefficient (Wildman–Crippen LogP) is 4.21. The summed E-state index contributed by atoms with van der Waals surface area (Å²) in [6.07, 6.45) is 8.66. The quantitative estimate of drug-likeness (QED) is 0.739. The van der Waals surface area contributed by atoms with Gasteiger partial charge in [0.15, 0.2) is 0 Å². The second-order valence-corrected chi connectivity index (χ2v) is 11.1. The smallest absolute Gasteiger partial charge is 0.254 e. The fraction of sp³-hybridized carbons (Fsp3) is 0.696. The number of sulfonamides is 1. The highest BCUT2D eigenvalue weighted by Crippen LogP contribution is 2.39. The molecule has 5 nitrogen and oxygen atoms in total. The molecule has 3 fully saturated rings. The maximum atomic E-state index is 13.4. The third kappa shape index (κ3) is 3.98. The molecule has 4 rings (SSSR count). The van der Waals surface area contributed by atoms with Crippen LogP contribution in [0.15, 0.2) is 23.1 Å². The summed E-state index contributed by atoms with van der Waals surface area (Å²) in [7, 11) is -3.55. The maximum Gasteiger partial charge on any atom is 0.254 e. The first-order valence-electron chi connectivity index (χ1n) is 11.3. The summed E-state index contributed by atoms with van der Waals surface area (Å²) in [6.45, 7) is 6.08. The number of fused-ring (bicyclic) bond motifs is 1. The van der Waals surface area contributed by atoms with Gasteiger partial charge in [-0.2, -0.15) is 4.31 Å². The molecule has 2 saturated heterocycles. The number of carbonyl (C=O) groups is 1. The maximum absolute atomic E-state index is 13.4. The number of carbonyl (C=O) groups excluding carboxylic acids is 1. The summed E-state index contributed by atoms with van der Waals surface area (Å²) in [4.78, 5) is 15.8. The van der Waals surface area contributed by atoms with E-state index in [-0.39, 0.29) is 5.91 Å². The predicted molar refractivity (Wildman–Crippen MR) is 114 cm³/mol. The molecule has 3 atom stereocenters. The molecule has 1 aromatic carbocycles. The van der Waals surface area contributed by atoms with Crippen molar-refractivity contribution in [3.8, 4) is 0 Å². The first-order chi connectivity index (χ1) is 13.9. The summed E-state index contributed by atoms with van der Waals surface area (Å²) in [6, 6.07) is 5.55. The number of amides is 1. The Morgan fingerprint density at radius 2 is 1.69 bits per heavy atom. The van der Waals surface area contributed by atoms with E-state index < -0.39 is 10.0 Å². The fourth-order valence-corrected chi connectivity index (χ4v) is 7.35. The Morgan fingerprint density at radius 1 is 0.966 bits per heavy atom. The van der Waals surface area contributed by atoms with Crippen molar-refractivity contribution in [3.63, 3.8) is 0 Å². The number of benzene rings is 1. The van der Waals surface area contributed by atoms with Crippen molar-refractivity contribution < 1.29 is 13.2 Å². The highest BCUT2D eigenvalue weighted by molar-refractivity contribution is 7.89. The summed E-state index contributed by atoms with van der Waals surface area (Å²) in [5, 5.41) is 0. The molecule has 0 spiro atoms. The van der Waals surface area contributed by atoms with Crippen LogP contribution in [0.3, 0.4) is 0 Å². The molecule has 2 heterocycles. The van der Waals surface area contributed by atoms with Gasteiger partial charge in [-0.05, 0) is 68.6 Å². The molecular formula is C23H34N2O3S. The van der Waals surface area contributed by atoms with Crippen LogP contribution in [0, 0.1) is 18.8 Å². The zero-order valence-corrected chi connectivity index (χ0v) is 18.6. The van der Waals surface area contributed by atoms with Crippen LogP contribution in [0.5, 0.6) is 0 Å². The van der Waals surface area contributed by atoms with Crippen molar-refractivity contribution >= 4 is 15.9 Å². The second-order valence-electron chi connectivity index (χ2n) is 9.23. The van der Waals surface area contributed by atoms with Gasteiger partial charge in [-0.3, -0.25) is 4.79 Å². The summed E-state index contributed by atoms with van der Waals surface area (Å²) < 4.78 is 28.1. The SMILES string of the molecule is Cc1ccc(C(=O)N2CC[C@H](C)[C@H]3CCCC[C@@H]32)cc1S(=O)(=O)N1CCCCC1. The second kappa shape index (κ2) is 8.38. The van der Waals surface area contributed by atoms with E-state index >= 15 is 0 Å². The summed E-state index contributed by atoms with van der Waals surface area (Å²) >= 11 is 0. The Balaban J connectivity index is 1.62. The molecule has 6 heteroatoms. The first kappa shape index (κ1) is 20.9. The van der Waals surface area contributed by atoms with Gasteiger partial charge in [0.05, 0.1) is 4.90 Å². The lowest BCUT2D eigenvalue weighted by Crippen LogP contribution is -2.52. The van der Waals surface area contributed by atoms with E-state index in [0.29, 0.717) is 41.4 Å². The van der Waals surface area contributed by atoms with Crippen molar-refractivity contribution in [2.45, 2.75) is 76.2 Å². The molecule has 1 amide bonds. The Bertz CT molecular complexity index is 861. The van der Waals surface area contributed by atoms with Crippen LogP contribution < -0.4 is 0 Å². The van der Waals surface area contributed by atoms with E-state index in [1.165, 1.54) is 19.3 Å². The molecule has 0 aromatic heterocycles. The Labute approximate surface area is 175 Å². The van der Waals surface area contributed by atoms with Crippen LogP contribution in [0.2, 0.25) is 0 Å². The van der Waals surface area contributed by atoms with Gasteiger partial charge in [0.25, 0.3) is 5.91 Å². The Morgan fingerprint density at radius 3 is 2.45 bits per heavy atom. The standard InChI is InChI=1S/C23H34N2O3S/c1-17-12-15-25(21-9-5-4-8-20(17)21)23(26)19-11-10-18(2)22(16-19)29(27,28)24-13-6-3-7-14-24/h10-11,16-17,20-21H,3-9,12-15H2,1-2H3/t17-,20+,21-/m0/s1. The van der Waals surface area contributed by atoms with Gasteiger partial charge in [0, 0.05) is 31.2 Å². The molecule has 29 heavy (non-hydrogen) atoms. The molecule has 160 valence electrons. The normalized spacial score (nSPS) is 28.8. The minimum Gasteiger partial charge on any atom is -0.335 e.